The molecule has 4 N–H and O–H groups in total. The molecule has 0 radical (unpaired) electrons. The molecule has 0 aromatic rings. The van der Waals surface area contributed by atoms with Gasteiger partial charge in [-0.25, -0.2) is 4.79 Å². The first-order valence-electron chi connectivity index (χ1n) is 3.07. The molecule has 0 atom stereocenters. The molecule has 10 heavy (non-hydrogen) atoms. The maximum atomic E-state index is 8.78. The van der Waals surface area contributed by atoms with E-state index in [0.717, 1.165) is 13.1 Å². The number of primary amides is 1. The van der Waals surface area contributed by atoms with Gasteiger partial charge in [-0.15, -0.1) is 0 Å². The second kappa shape index (κ2) is 6.10. The fourth-order valence-corrected chi connectivity index (χ4v) is 0.572. The lowest BCUT2D eigenvalue weighted by Crippen LogP contribution is -2.17. The molecule has 0 spiro atoms. The van der Waals surface area contributed by atoms with Crippen molar-refractivity contribution in [3.05, 3.63) is 12.2 Å². The molecule has 0 aromatic carbocycles. The minimum Gasteiger partial charge on any atom is -0.465 e. The summed E-state index contributed by atoms with van der Waals surface area (Å²) in [6.45, 7) is 2.23. The van der Waals surface area contributed by atoms with Gasteiger partial charge in [-0.1, -0.05) is 12.2 Å². The van der Waals surface area contributed by atoms with Gasteiger partial charge in [-0.05, 0) is 13.0 Å². The lowest BCUT2D eigenvalue weighted by atomic mass is 10.3. The number of nitrogens with two attached hydrogens (primary N) is 1. The van der Waals surface area contributed by atoms with E-state index in [9.17, 15) is 0 Å². The van der Waals surface area contributed by atoms with Crippen LogP contribution in [-0.2, 0) is 0 Å². The Bertz CT molecular complexity index is 111. The molecular formula is C6H12N2O2. The van der Waals surface area contributed by atoms with Crippen LogP contribution in [0.15, 0.2) is 12.2 Å². The van der Waals surface area contributed by atoms with Crippen LogP contribution in [0.3, 0.4) is 0 Å². The van der Waals surface area contributed by atoms with Gasteiger partial charge in [0, 0.05) is 6.54 Å². The van der Waals surface area contributed by atoms with Crippen LogP contribution in [0.4, 0.5) is 4.79 Å². The van der Waals surface area contributed by atoms with Gasteiger partial charge in [0.2, 0.25) is 0 Å². The predicted octanol–water partition coefficient (Wildman–Crippen LogP) is 0.159. The Morgan fingerprint density at radius 2 is 2.20 bits per heavy atom. The molecule has 0 bridgehead atoms. The highest BCUT2D eigenvalue weighted by Gasteiger charge is 1.84. The topological polar surface area (TPSA) is 75.3 Å². The smallest absolute Gasteiger partial charge is 0.402 e. The van der Waals surface area contributed by atoms with E-state index in [2.05, 4.69) is 23.2 Å². The average Bonchev–Trinajstić information content (AvgIpc) is 1.90. The molecule has 0 aliphatic carbocycles. The van der Waals surface area contributed by atoms with E-state index < -0.39 is 6.09 Å². The number of nitrogens with one attached hydrogen (secondary N) is 1. The Balaban J connectivity index is 0.000000180. The monoisotopic (exact) mass is 144 g/mol. The summed E-state index contributed by atoms with van der Waals surface area (Å²) < 4.78 is 0. The molecule has 0 aromatic heterocycles. The molecule has 58 valence electrons. The van der Waals surface area contributed by atoms with E-state index in [1.807, 2.05) is 0 Å². The van der Waals surface area contributed by atoms with Crippen molar-refractivity contribution in [3.63, 3.8) is 0 Å². The predicted molar refractivity (Wildman–Crippen MR) is 38.8 cm³/mol. The van der Waals surface area contributed by atoms with Crippen molar-refractivity contribution < 1.29 is 9.90 Å². The molecule has 1 amide bonds. The van der Waals surface area contributed by atoms with Crippen LogP contribution in [0.2, 0.25) is 0 Å². The van der Waals surface area contributed by atoms with Crippen molar-refractivity contribution in [2.45, 2.75) is 6.42 Å². The fourth-order valence-electron chi connectivity index (χ4n) is 0.572. The lowest BCUT2D eigenvalue weighted by molar-refractivity contribution is 0.205. The van der Waals surface area contributed by atoms with Crippen LogP contribution in [-0.4, -0.2) is 24.3 Å². The number of amides is 1. The Labute approximate surface area is 59.7 Å². The first kappa shape index (κ1) is 8.97. The van der Waals surface area contributed by atoms with Gasteiger partial charge < -0.3 is 16.2 Å². The molecule has 1 aliphatic rings. The maximum Gasteiger partial charge on any atom is 0.402 e. The molecule has 0 unspecified atom stereocenters. The summed E-state index contributed by atoms with van der Waals surface area (Å²) >= 11 is 0. The summed E-state index contributed by atoms with van der Waals surface area (Å²) in [5.74, 6) is 0. The zero-order valence-corrected chi connectivity index (χ0v) is 5.71. The molecule has 0 saturated heterocycles. The van der Waals surface area contributed by atoms with E-state index >= 15 is 0 Å². The Morgan fingerprint density at radius 1 is 1.60 bits per heavy atom. The fraction of sp³-hybridized carbons (Fsp3) is 0.500. The Hall–Kier alpha value is -1.03. The first-order chi connectivity index (χ1) is 4.73. The largest absolute Gasteiger partial charge is 0.465 e. The third-order valence-corrected chi connectivity index (χ3v) is 0.917. The molecule has 4 heteroatoms. The third-order valence-electron chi connectivity index (χ3n) is 0.917. The molecule has 0 fully saturated rings. The molecule has 1 heterocycles. The Kier molecular flexibility index (Phi) is 5.47. The normalized spacial score (nSPS) is 15.2. The molecule has 1 aliphatic heterocycles. The van der Waals surface area contributed by atoms with Gasteiger partial charge in [0.1, 0.15) is 0 Å². The van der Waals surface area contributed by atoms with E-state index in [1.54, 1.807) is 0 Å². The summed E-state index contributed by atoms with van der Waals surface area (Å²) in [5, 5.41) is 10.4. The van der Waals surface area contributed by atoms with E-state index in [0.29, 0.717) is 0 Å². The van der Waals surface area contributed by atoms with Crippen LogP contribution in [0.25, 0.3) is 0 Å². The third kappa shape index (κ3) is 10.1. The second-order valence-corrected chi connectivity index (χ2v) is 1.80. The summed E-state index contributed by atoms with van der Waals surface area (Å²) in [6.07, 6.45) is 4.24. The van der Waals surface area contributed by atoms with Gasteiger partial charge in [0.05, 0.1) is 0 Å². The Morgan fingerprint density at radius 3 is 2.30 bits per heavy atom. The average molecular weight is 144 g/mol. The van der Waals surface area contributed by atoms with Gasteiger partial charge in [-0.3, -0.25) is 0 Å². The maximum absolute atomic E-state index is 8.78. The summed E-state index contributed by atoms with van der Waals surface area (Å²) in [4.78, 5) is 8.78. The first-order valence-corrected chi connectivity index (χ1v) is 3.07. The molecule has 4 nitrogen and oxygen atoms in total. The highest BCUT2D eigenvalue weighted by molar-refractivity contribution is 5.61. The van der Waals surface area contributed by atoms with Crippen LogP contribution in [0.1, 0.15) is 6.42 Å². The minimum absolute atomic E-state index is 1.07. The highest BCUT2D eigenvalue weighted by atomic mass is 16.4. The number of carboxylic acid groups (broad SMARTS) is 1. The summed E-state index contributed by atoms with van der Waals surface area (Å²) in [6, 6.07) is 0. The zero-order valence-electron chi connectivity index (χ0n) is 5.71. The lowest BCUT2D eigenvalue weighted by Gasteiger charge is -2.01. The van der Waals surface area contributed by atoms with Gasteiger partial charge in [0.25, 0.3) is 0 Å². The number of rotatable bonds is 0. The van der Waals surface area contributed by atoms with Gasteiger partial charge in [0.15, 0.2) is 0 Å². The molecule has 1 rings (SSSR count). The van der Waals surface area contributed by atoms with Gasteiger partial charge >= 0.3 is 6.09 Å². The highest BCUT2D eigenvalue weighted by Crippen LogP contribution is 1.84. The zero-order chi connectivity index (χ0) is 7.82. The van der Waals surface area contributed by atoms with Crippen molar-refractivity contribution >= 4 is 6.09 Å². The quantitative estimate of drug-likeness (QED) is 0.424. The number of carbonyl (C=O) groups is 1. The second-order valence-electron chi connectivity index (χ2n) is 1.80. The molecular weight excluding hydrogens is 132 g/mol. The standard InChI is InChI=1S/C5H9N.CH3NO2/c1-2-4-6-5-3-1;2-1(3)4/h1-2,6H,3-5H2;2H2,(H,3,4). The van der Waals surface area contributed by atoms with Crippen LogP contribution in [0.5, 0.6) is 0 Å². The van der Waals surface area contributed by atoms with Crippen LogP contribution in [0, 0.1) is 0 Å². The van der Waals surface area contributed by atoms with E-state index in [4.69, 9.17) is 9.90 Å². The molecule has 0 saturated carbocycles. The van der Waals surface area contributed by atoms with Crippen LogP contribution < -0.4 is 11.1 Å². The van der Waals surface area contributed by atoms with Crippen molar-refractivity contribution in [2.24, 2.45) is 5.73 Å². The van der Waals surface area contributed by atoms with Crippen molar-refractivity contribution in [2.75, 3.05) is 13.1 Å². The van der Waals surface area contributed by atoms with Crippen molar-refractivity contribution in [1.29, 1.82) is 0 Å². The SMILES string of the molecule is C1=CCNCC1.NC(=O)O. The van der Waals surface area contributed by atoms with E-state index in [1.165, 1.54) is 6.42 Å². The summed E-state index contributed by atoms with van der Waals surface area (Å²) in [7, 11) is 0. The van der Waals surface area contributed by atoms with Crippen LogP contribution >= 0.6 is 0 Å². The summed E-state index contributed by atoms with van der Waals surface area (Å²) in [5.41, 5.74) is 4.03. The van der Waals surface area contributed by atoms with Crippen molar-refractivity contribution in [1.82, 2.24) is 5.32 Å². The minimum atomic E-state index is -1.33. The van der Waals surface area contributed by atoms with Crippen molar-refractivity contribution in [3.8, 4) is 0 Å². The van der Waals surface area contributed by atoms with E-state index in [-0.39, 0.29) is 0 Å². The van der Waals surface area contributed by atoms with Gasteiger partial charge in [-0.2, -0.15) is 0 Å². The number of hydrogen-bond acceptors (Lipinski definition) is 2. The number of hydrogen-bond donors (Lipinski definition) is 3.